The first-order chi connectivity index (χ1) is 23.6. The van der Waals surface area contributed by atoms with Crippen LogP contribution in [0.2, 0.25) is 0 Å². The molecule has 4 heterocycles. The van der Waals surface area contributed by atoms with E-state index in [0.717, 1.165) is 64.0 Å². The van der Waals surface area contributed by atoms with Crippen molar-refractivity contribution in [2.45, 2.75) is 76.0 Å². The largest absolute Gasteiger partial charge is 0.372 e. The van der Waals surface area contributed by atoms with E-state index < -0.39 is 17.3 Å². The highest BCUT2D eigenvalue weighted by atomic mass is 19.3. The number of likely N-dealkylation sites (tertiary alicyclic amines) is 1. The molecule has 2 aromatic carbocycles. The molecule has 11 heteroatoms. The van der Waals surface area contributed by atoms with Crippen LogP contribution in [0, 0.1) is 17.3 Å². The molecule has 3 amide bonds. The Morgan fingerprint density at radius 3 is 2.33 bits per heavy atom. The summed E-state index contributed by atoms with van der Waals surface area (Å²) in [4.78, 5) is 41.8. The molecule has 3 saturated heterocycles. The van der Waals surface area contributed by atoms with Crippen molar-refractivity contribution >= 4 is 29.1 Å². The summed E-state index contributed by atoms with van der Waals surface area (Å²) in [5, 5.41) is 12.4. The molecular formula is C38H44F2N6O3. The Morgan fingerprint density at radius 1 is 0.939 bits per heavy atom. The van der Waals surface area contributed by atoms with Gasteiger partial charge >= 0.3 is 0 Å². The van der Waals surface area contributed by atoms with Gasteiger partial charge in [0.1, 0.15) is 0 Å². The smallest absolute Gasteiger partial charge is 0.276 e. The Labute approximate surface area is 285 Å². The summed E-state index contributed by atoms with van der Waals surface area (Å²) >= 11 is 0. The second kappa shape index (κ2) is 12.3. The zero-order valence-corrected chi connectivity index (χ0v) is 27.9. The van der Waals surface area contributed by atoms with E-state index in [0.29, 0.717) is 41.6 Å². The normalized spacial score (nSPS) is 27.3. The summed E-state index contributed by atoms with van der Waals surface area (Å²) in [6.45, 7) is 6.96. The van der Waals surface area contributed by atoms with Crippen LogP contribution < -0.4 is 15.5 Å². The first-order valence-electron chi connectivity index (χ1n) is 17.9. The number of anilines is 2. The van der Waals surface area contributed by atoms with Crippen molar-refractivity contribution in [2.24, 2.45) is 17.3 Å². The summed E-state index contributed by atoms with van der Waals surface area (Å²) < 4.78 is 28.6. The van der Waals surface area contributed by atoms with Gasteiger partial charge in [0.2, 0.25) is 11.8 Å². The van der Waals surface area contributed by atoms with Gasteiger partial charge in [-0.2, -0.15) is 5.10 Å². The molecule has 1 unspecified atom stereocenters. The van der Waals surface area contributed by atoms with Crippen molar-refractivity contribution in [3.63, 3.8) is 0 Å². The first kappa shape index (κ1) is 32.1. The Hall–Kier alpha value is -4.12. The Kier molecular flexibility index (Phi) is 8.08. The minimum absolute atomic E-state index is 0.180. The average Bonchev–Trinajstić information content (AvgIpc) is 3.33. The molecule has 3 aliphatic heterocycles. The summed E-state index contributed by atoms with van der Waals surface area (Å²) in [7, 11) is 0. The lowest BCUT2D eigenvalue weighted by molar-refractivity contribution is -0.134. The van der Waals surface area contributed by atoms with Gasteiger partial charge in [0.05, 0.1) is 5.92 Å². The number of benzene rings is 2. The summed E-state index contributed by atoms with van der Waals surface area (Å²) in [5.74, 6) is -3.23. The molecular weight excluding hydrogens is 626 g/mol. The molecule has 4 fully saturated rings. The van der Waals surface area contributed by atoms with Gasteiger partial charge in [-0.25, -0.2) is 8.78 Å². The molecule has 3 N–H and O–H groups in total. The molecule has 1 saturated carbocycles. The summed E-state index contributed by atoms with van der Waals surface area (Å²) in [6, 6.07) is 16.4. The molecule has 8 rings (SSSR count). The highest BCUT2D eigenvalue weighted by molar-refractivity contribution is 6.04. The van der Waals surface area contributed by atoms with Crippen LogP contribution in [0.15, 0.2) is 48.5 Å². The molecule has 2 aliphatic carbocycles. The molecule has 0 spiro atoms. The van der Waals surface area contributed by atoms with Crippen molar-refractivity contribution in [1.29, 1.82) is 0 Å². The van der Waals surface area contributed by atoms with Gasteiger partial charge in [-0.3, -0.25) is 24.8 Å². The molecule has 0 bridgehead atoms. The van der Waals surface area contributed by atoms with Crippen molar-refractivity contribution in [1.82, 2.24) is 20.4 Å². The Morgan fingerprint density at radius 2 is 1.63 bits per heavy atom. The fourth-order valence-electron chi connectivity index (χ4n) is 8.94. The second-order valence-corrected chi connectivity index (χ2v) is 15.2. The van der Waals surface area contributed by atoms with Gasteiger partial charge in [0.15, 0.2) is 5.69 Å². The molecule has 5 aliphatic rings. The van der Waals surface area contributed by atoms with Gasteiger partial charge in [0, 0.05) is 66.4 Å². The zero-order chi connectivity index (χ0) is 33.9. The lowest BCUT2D eigenvalue weighted by Gasteiger charge is -2.38. The van der Waals surface area contributed by atoms with Crippen LogP contribution in [0.25, 0.3) is 0 Å². The standard InChI is InChI=1S/C38H44F2N6O3/c1-37-21-31-30(20-32(37)38(37,39)40)34(44-43-31)36(49)41-27-6-2-24(3-7-27)25-14-16-45(17-15-25)22-23-12-18-46(19-13-23)28-8-4-26(5-9-28)29-10-11-33(47)42-35(29)48/h2-9,23,25,29,32H,10-22H2,1H3,(H,41,49)(H,43,44)(H,42,47,48)/t29?,32-,37+/m0/s1. The number of alkyl halides is 2. The third kappa shape index (κ3) is 5.93. The average molecular weight is 671 g/mol. The highest BCUT2D eigenvalue weighted by Gasteiger charge is 2.78. The van der Waals surface area contributed by atoms with E-state index in [-0.39, 0.29) is 42.2 Å². The molecule has 49 heavy (non-hydrogen) atoms. The summed E-state index contributed by atoms with van der Waals surface area (Å²) in [6.07, 6.45) is 5.90. The number of rotatable bonds is 7. The molecule has 1 aromatic heterocycles. The Balaban J connectivity index is 0.778. The minimum atomic E-state index is -2.69. The van der Waals surface area contributed by atoms with Gasteiger partial charge in [-0.1, -0.05) is 31.2 Å². The number of carbonyl (C=O) groups is 3. The SMILES string of the molecule is C[C@@]12Cc3[nH]nc(C(=O)Nc4ccc(C5CCN(CC6CCN(c7ccc(C8CCC(=O)NC8=O)cc7)CC6)CC5)cc4)c3C[C@@H]1C2(F)F. The Bertz CT molecular complexity index is 1740. The number of aromatic amines is 1. The number of hydrogen-bond donors (Lipinski definition) is 3. The van der Waals surface area contributed by atoms with E-state index in [2.05, 4.69) is 54.9 Å². The quantitative estimate of drug-likeness (QED) is 0.281. The third-order valence-electron chi connectivity index (χ3n) is 12.3. The van der Waals surface area contributed by atoms with Crippen LogP contribution in [0.1, 0.15) is 90.2 Å². The number of fused-ring (bicyclic) bond motifs is 2. The molecule has 258 valence electrons. The fraction of sp³-hybridized carbons (Fsp3) is 0.526. The van der Waals surface area contributed by atoms with E-state index in [1.54, 1.807) is 6.92 Å². The zero-order valence-electron chi connectivity index (χ0n) is 27.9. The van der Waals surface area contributed by atoms with Crippen LogP contribution in [-0.2, 0) is 22.4 Å². The molecule has 3 aromatic rings. The van der Waals surface area contributed by atoms with Gasteiger partial charge in [-0.05, 0) is 98.8 Å². The molecule has 0 radical (unpaired) electrons. The highest BCUT2D eigenvalue weighted by Crippen LogP contribution is 2.70. The number of amides is 3. The number of H-pyrrole nitrogens is 1. The predicted octanol–water partition coefficient (Wildman–Crippen LogP) is 5.65. The van der Waals surface area contributed by atoms with Crippen LogP contribution in [0.5, 0.6) is 0 Å². The monoisotopic (exact) mass is 670 g/mol. The van der Waals surface area contributed by atoms with Crippen molar-refractivity contribution < 1.29 is 23.2 Å². The predicted molar refractivity (Wildman–Crippen MR) is 182 cm³/mol. The maximum atomic E-state index is 14.3. The number of imide groups is 1. The van der Waals surface area contributed by atoms with E-state index >= 15 is 0 Å². The summed E-state index contributed by atoms with van der Waals surface area (Å²) in [5.41, 5.74) is 4.61. The van der Waals surface area contributed by atoms with Gasteiger partial charge in [-0.15, -0.1) is 0 Å². The number of aromatic nitrogens is 2. The van der Waals surface area contributed by atoms with Gasteiger partial charge < -0.3 is 15.1 Å². The lowest BCUT2D eigenvalue weighted by Crippen LogP contribution is -2.41. The van der Waals surface area contributed by atoms with E-state index in [9.17, 15) is 23.2 Å². The van der Waals surface area contributed by atoms with E-state index in [4.69, 9.17) is 0 Å². The number of hydrogen-bond acceptors (Lipinski definition) is 6. The topological polar surface area (TPSA) is 110 Å². The van der Waals surface area contributed by atoms with Crippen LogP contribution >= 0.6 is 0 Å². The molecule has 9 nitrogen and oxygen atoms in total. The molecule has 3 atom stereocenters. The maximum Gasteiger partial charge on any atom is 0.276 e. The lowest BCUT2D eigenvalue weighted by atomic mass is 9.87. The number of nitrogens with zero attached hydrogens (tertiary/aromatic N) is 3. The first-order valence-corrected chi connectivity index (χ1v) is 17.9. The van der Waals surface area contributed by atoms with Crippen LogP contribution in [0.3, 0.4) is 0 Å². The van der Waals surface area contributed by atoms with Crippen LogP contribution in [-0.4, -0.2) is 71.5 Å². The van der Waals surface area contributed by atoms with E-state index in [1.807, 2.05) is 24.3 Å². The number of halogens is 2. The van der Waals surface area contributed by atoms with Crippen molar-refractivity contribution in [3.05, 3.63) is 76.6 Å². The minimum Gasteiger partial charge on any atom is -0.372 e. The second-order valence-electron chi connectivity index (χ2n) is 15.2. The number of nitrogens with one attached hydrogen (secondary N) is 3. The van der Waals surface area contributed by atoms with Gasteiger partial charge in [0.25, 0.3) is 11.8 Å². The fourth-order valence-corrected chi connectivity index (χ4v) is 8.94. The number of carbonyl (C=O) groups excluding carboxylic acids is 3. The van der Waals surface area contributed by atoms with Crippen molar-refractivity contribution in [2.75, 3.05) is 42.9 Å². The van der Waals surface area contributed by atoms with Crippen molar-refractivity contribution in [3.8, 4) is 0 Å². The maximum absolute atomic E-state index is 14.3. The van der Waals surface area contributed by atoms with E-state index in [1.165, 1.54) is 11.3 Å². The number of piperidine rings is 3. The van der Waals surface area contributed by atoms with Crippen LogP contribution in [0.4, 0.5) is 20.2 Å². The third-order valence-corrected chi connectivity index (χ3v) is 12.3.